The van der Waals surface area contributed by atoms with Crippen molar-refractivity contribution in [2.24, 2.45) is 11.7 Å². The lowest BCUT2D eigenvalue weighted by Crippen LogP contribution is -2.48. The lowest BCUT2D eigenvalue weighted by molar-refractivity contribution is -0.143. The van der Waals surface area contributed by atoms with Crippen LogP contribution in [-0.2, 0) is 4.79 Å². The highest BCUT2D eigenvalue weighted by atomic mass is 16.3. The van der Waals surface area contributed by atoms with Crippen molar-refractivity contribution in [1.82, 2.24) is 0 Å². The average molecular weight is 219 g/mol. The van der Waals surface area contributed by atoms with E-state index in [9.17, 15) is 15.0 Å². The third-order valence-electron chi connectivity index (χ3n) is 2.31. The lowest BCUT2D eigenvalue weighted by atomic mass is 9.85. The second kappa shape index (κ2) is 5.44. The van der Waals surface area contributed by atoms with Crippen molar-refractivity contribution in [1.29, 1.82) is 0 Å². The first-order chi connectivity index (χ1) is 6.69. The molecule has 3 unspecified atom stereocenters. The van der Waals surface area contributed by atoms with Crippen LogP contribution < -0.4 is 5.73 Å². The molecule has 3 atom stereocenters. The summed E-state index contributed by atoms with van der Waals surface area (Å²) >= 11 is 0. The molecule has 0 spiro atoms. The minimum absolute atomic E-state index is 0.0729. The molecule has 0 aromatic rings. The van der Waals surface area contributed by atoms with Crippen LogP contribution in [0.15, 0.2) is 0 Å². The van der Waals surface area contributed by atoms with Crippen molar-refractivity contribution < 1.29 is 20.1 Å². The van der Waals surface area contributed by atoms with E-state index in [1.807, 2.05) is 13.8 Å². The van der Waals surface area contributed by atoms with Gasteiger partial charge in [-0.3, -0.25) is 4.79 Å². The Hall–Kier alpha value is -0.650. The van der Waals surface area contributed by atoms with Gasteiger partial charge < -0.3 is 21.1 Å². The SMILES string of the molecule is CC(C)CC(O)(CC(O)C(C)O)C(N)=O. The third kappa shape index (κ3) is 4.59. The zero-order valence-electron chi connectivity index (χ0n) is 9.47. The van der Waals surface area contributed by atoms with Gasteiger partial charge in [-0.25, -0.2) is 0 Å². The van der Waals surface area contributed by atoms with Gasteiger partial charge in [-0.15, -0.1) is 0 Å². The highest BCUT2D eigenvalue weighted by molar-refractivity contribution is 5.83. The Morgan fingerprint density at radius 3 is 2.00 bits per heavy atom. The number of hydrogen-bond acceptors (Lipinski definition) is 4. The number of primary amides is 1. The Bertz CT molecular complexity index is 217. The number of aliphatic hydroxyl groups is 3. The third-order valence-corrected chi connectivity index (χ3v) is 2.31. The van der Waals surface area contributed by atoms with Crippen LogP contribution >= 0.6 is 0 Å². The number of aliphatic hydroxyl groups excluding tert-OH is 2. The summed E-state index contributed by atoms with van der Waals surface area (Å²) < 4.78 is 0. The Kier molecular flexibility index (Phi) is 5.20. The average Bonchev–Trinajstić information content (AvgIpc) is 2.01. The van der Waals surface area contributed by atoms with Crippen molar-refractivity contribution >= 4 is 5.91 Å². The minimum Gasteiger partial charge on any atom is -0.391 e. The van der Waals surface area contributed by atoms with Crippen LogP contribution in [0.2, 0.25) is 0 Å². The molecule has 15 heavy (non-hydrogen) atoms. The van der Waals surface area contributed by atoms with E-state index in [-0.39, 0.29) is 18.8 Å². The molecule has 0 rings (SSSR count). The van der Waals surface area contributed by atoms with Gasteiger partial charge >= 0.3 is 0 Å². The lowest BCUT2D eigenvalue weighted by Gasteiger charge is -2.29. The fourth-order valence-electron chi connectivity index (χ4n) is 1.48. The molecule has 0 saturated carbocycles. The summed E-state index contributed by atoms with van der Waals surface area (Å²) in [6.07, 6.45) is -2.21. The molecule has 0 aliphatic heterocycles. The van der Waals surface area contributed by atoms with Crippen molar-refractivity contribution in [3.05, 3.63) is 0 Å². The van der Waals surface area contributed by atoms with Gasteiger partial charge in [0.1, 0.15) is 5.60 Å². The zero-order valence-corrected chi connectivity index (χ0v) is 9.47. The molecule has 0 bridgehead atoms. The maximum atomic E-state index is 11.1. The van der Waals surface area contributed by atoms with Gasteiger partial charge in [-0.05, 0) is 19.3 Å². The van der Waals surface area contributed by atoms with E-state index in [0.717, 1.165) is 0 Å². The van der Waals surface area contributed by atoms with Crippen molar-refractivity contribution in [3.63, 3.8) is 0 Å². The Labute approximate surface area is 89.9 Å². The van der Waals surface area contributed by atoms with Crippen molar-refractivity contribution in [3.8, 4) is 0 Å². The fraction of sp³-hybridized carbons (Fsp3) is 0.900. The van der Waals surface area contributed by atoms with Crippen LogP contribution in [0.3, 0.4) is 0 Å². The summed E-state index contributed by atoms with van der Waals surface area (Å²) in [5.41, 5.74) is 3.34. The summed E-state index contributed by atoms with van der Waals surface area (Å²) in [6.45, 7) is 5.06. The predicted octanol–water partition coefficient (Wildman–Crippen LogP) is -0.619. The number of nitrogens with two attached hydrogens (primary N) is 1. The topological polar surface area (TPSA) is 104 Å². The summed E-state index contributed by atoms with van der Waals surface area (Å²) in [6, 6.07) is 0. The molecule has 0 fully saturated rings. The minimum atomic E-state index is -1.75. The van der Waals surface area contributed by atoms with Crippen LogP contribution in [0.5, 0.6) is 0 Å². The molecule has 5 heteroatoms. The molecular formula is C10H21NO4. The van der Waals surface area contributed by atoms with E-state index in [1.54, 1.807) is 0 Å². The summed E-state index contributed by atoms with van der Waals surface area (Å²) in [5.74, 6) is -0.792. The van der Waals surface area contributed by atoms with Gasteiger partial charge in [-0.2, -0.15) is 0 Å². The molecule has 0 radical (unpaired) electrons. The first-order valence-corrected chi connectivity index (χ1v) is 5.07. The normalized spacial score (nSPS) is 19.7. The molecule has 0 aliphatic rings. The maximum Gasteiger partial charge on any atom is 0.249 e. The number of rotatable bonds is 6. The van der Waals surface area contributed by atoms with E-state index in [1.165, 1.54) is 6.92 Å². The number of carbonyl (C=O) groups is 1. The predicted molar refractivity (Wildman–Crippen MR) is 55.9 cm³/mol. The second-order valence-electron chi connectivity index (χ2n) is 4.51. The number of hydrogen-bond donors (Lipinski definition) is 4. The number of carbonyl (C=O) groups excluding carboxylic acids is 1. The van der Waals surface area contributed by atoms with Crippen molar-refractivity contribution in [2.45, 2.75) is 51.4 Å². The standard InChI is InChI=1S/C10H21NO4/c1-6(2)4-10(15,9(11)14)5-8(13)7(3)12/h6-8,12-13,15H,4-5H2,1-3H3,(H2,11,14). The molecule has 1 amide bonds. The van der Waals surface area contributed by atoms with E-state index < -0.39 is 23.7 Å². The first kappa shape index (κ1) is 14.3. The second-order valence-corrected chi connectivity index (χ2v) is 4.51. The summed E-state index contributed by atoms with van der Waals surface area (Å²) in [5, 5.41) is 28.4. The smallest absolute Gasteiger partial charge is 0.249 e. The quantitative estimate of drug-likeness (QED) is 0.478. The Morgan fingerprint density at radius 1 is 1.27 bits per heavy atom. The van der Waals surface area contributed by atoms with Crippen LogP contribution in [0, 0.1) is 5.92 Å². The highest BCUT2D eigenvalue weighted by Crippen LogP contribution is 2.23. The van der Waals surface area contributed by atoms with Gasteiger partial charge in [0.15, 0.2) is 0 Å². The van der Waals surface area contributed by atoms with Gasteiger partial charge in [0.25, 0.3) is 0 Å². The van der Waals surface area contributed by atoms with E-state index >= 15 is 0 Å². The Balaban J connectivity index is 4.58. The van der Waals surface area contributed by atoms with Crippen molar-refractivity contribution in [2.75, 3.05) is 0 Å². The molecule has 0 aliphatic carbocycles. The molecule has 5 N–H and O–H groups in total. The molecular weight excluding hydrogens is 198 g/mol. The van der Waals surface area contributed by atoms with E-state index in [4.69, 9.17) is 10.8 Å². The van der Waals surface area contributed by atoms with E-state index in [0.29, 0.717) is 0 Å². The molecule has 0 aromatic carbocycles. The van der Waals surface area contributed by atoms with Gasteiger partial charge in [0.2, 0.25) is 5.91 Å². The first-order valence-electron chi connectivity index (χ1n) is 5.07. The largest absolute Gasteiger partial charge is 0.391 e. The van der Waals surface area contributed by atoms with Gasteiger partial charge in [0, 0.05) is 6.42 Å². The summed E-state index contributed by atoms with van der Waals surface area (Å²) in [4.78, 5) is 11.1. The fourth-order valence-corrected chi connectivity index (χ4v) is 1.48. The molecule has 0 heterocycles. The molecule has 0 saturated heterocycles. The van der Waals surface area contributed by atoms with E-state index in [2.05, 4.69) is 0 Å². The van der Waals surface area contributed by atoms with Crippen LogP contribution in [-0.4, -0.2) is 39.0 Å². The van der Waals surface area contributed by atoms with Gasteiger partial charge in [0.05, 0.1) is 12.2 Å². The molecule has 90 valence electrons. The molecule has 5 nitrogen and oxygen atoms in total. The maximum absolute atomic E-state index is 11.1. The number of amides is 1. The van der Waals surface area contributed by atoms with Crippen LogP contribution in [0.4, 0.5) is 0 Å². The Morgan fingerprint density at radius 2 is 1.73 bits per heavy atom. The van der Waals surface area contributed by atoms with Crippen LogP contribution in [0.25, 0.3) is 0 Å². The highest BCUT2D eigenvalue weighted by Gasteiger charge is 2.37. The van der Waals surface area contributed by atoms with Crippen LogP contribution in [0.1, 0.15) is 33.6 Å². The summed E-state index contributed by atoms with van der Waals surface area (Å²) in [7, 11) is 0. The monoisotopic (exact) mass is 219 g/mol. The zero-order chi connectivity index (χ0) is 12.2. The van der Waals surface area contributed by atoms with Gasteiger partial charge in [-0.1, -0.05) is 13.8 Å². The molecule has 0 aromatic heterocycles.